The Morgan fingerprint density at radius 3 is 2.65 bits per heavy atom. The molecule has 1 atom stereocenters. The number of nitrogens with one attached hydrogen (secondary N) is 1. The Morgan fingerprint density at radius 2 is 2.06 bits per heavy atom. The first-order valence-electron chi connectivity index (χ1n) is 4.95. The van der Waals surface area contributed by atoms with E-state index in [0.29, 0.717) is 11.9 Å². The minimum atomic E-state index is -1.02. The van der Waals surface area contributed by atoms with Gasteiger partial charge >= 0.3 is 11.3 Å². The third-order valence-electron chi connectivity index (χ3n) is 1.89. The van der Waals surface area contributed by atoms with Gasteiger partial charge in [0, 0.05) is 11.9 Å². The smallest absolute Gasteiger partial charge is 0.382 e. The van der Waals surface area contributed by atoms with E-state index in [9.17, 15) is 9.59 Å². The number of carbonyl (C=O) groups is 2. The third kappa shape index (κ3) is 5.37. The molecule has 0 saturated heterocycles. The van der Waals surface area contributed by atoms with E-state index in [0.717, 1.165) is 5.56 Å². The molecule has 0 bridgehead atoms. The lowest BCUT2D eigenvalue weighted by Gasteiger charge is -2.07. The lowest BCUT2D eigenvalue weighted by molar-refractivity contribution is -0.138. The molecule has 17 heavy (non-hydrogen) atoms. The Morgan fingerprint density at radius 1 is 1.41 bits per heavy atom. The van der Waals surface area contributed by atoms with Crippen molar-refractivity contribution in [3.05, 3.63) is 35.9 Å². The highest BCUT2D eigenvalue weighted by Crippen LogP contribution is 2.06. The molecule has 1 aromatic carbocycles. The van der Waals surface area contributed by atoms with Crippen LogP contribution in [0, 0.1) is 0 Å². The van der Waals surface area contributed by atoms with Crippen molar-refractivity contribution < 1.29 is 19.4 Å². The second-order valence-electron chi connectivity index (χ2n) is 3.30. The Hall–Kier alpha value is -1.53. The highest BCUT2D eigenvalue weighted by molar-refractivity contribution is 8.11. The van der Waals surface area contributed by atoms with Gasteiger partial charge in [-0.3, -0.25) is 4.79 Å². The lowest BCUT2D eigenvalue weighted by atomic mass is 10.2. The Labute approximate surface area is 103 Å². The number of aliphatic carboxylic acids is 1. The normalized spacial score (nSPS) is 11.8. The standard InChI is InChI=1S/C11H13NO4S/c1-8(10(13)14)12-17-11(15)16-7-9-5-3-2-4-6-9/h2-6,8,12H,7H2,1H3,(H,13,14). The van der Waals surface area contributed by atoms with Crippen LogP contribution in [0.5, 0.6) is 0 Å². The molecule has 92 valence electrons. The molecule has 0 radical (unpaired) electrons. The maximum Gasteiger partial charge on any atom is 0.382 e. The fourth-order valence-corrected chi connectivity index (χ4v) is 1.42. The number of hydrogen-bond acceptors (Lipinski definition) is 5. The summed E-state index contributed by atoms with van der Waals surface area (Å²) in [7, 11) is 0. The second-order valence-corrected chi connectivity index (χ2v) is 4.08. The van der Waals surface area contributed by atoms with Crippen molar-refractivity contribution in [3.63, 3.8) is 0 Å². The van der Waals surface area contributed by atoms with Crippen LogP contribution in [-0.2, 0) is 16.1 Å². The quantitative estimate of drug-likeness (QED) is 0.619. The fraction of sp³-hybridized carbons (Fsp3) is 0.273. The first-order valence-corrected chi connectivity index (χ1v) is 5.77. The minimum Gasteiger partial charge on any atom is -0.480 e. The summed E-state index contributed by atoms with van der Waals surface area (Å²) in [5.74, 6) is -1.02. The Bertz CT molecular complexity index is 382. The summed E-state index contributed by atoms with van der Waals surface area (Å²) in [4.78, 5) is 21.7. The van der Waals surface area contributed by atoms with E-state index in [2.05, 4.69) is 4.72 Å². The number of carboxylic acids is 1. The van der Waals surface area contributed by atoms with Gasteiger partial charge < -0.3 is 9.84 Å². The number of carboxylic acid groups (broad SMARTS) is 1. The predicted molar refractivity (Wildman–Crippen MR) is 64.5 cm³/mol. The van der Waals surface area contributed by atoms with Crippen molar-refractivity contribution in [2.24, 2.45) is 0 Å². The first kappa shape index (κ1) is 13.5. The molecular weight excluding hydrogens is 242 g/mol. The van der Waals surface area contributed by atoms with E-state index in [4.69, 9.17) is 9.84 Å². The zero-order chi connectivity index (χ0) is 12.7. The van der Waals surface area contributed by atoms with Crippen LogP contribution in [0.1, 0.15) is 12.5 Å². The lowest BCUT2D eigenvalue weighted by Crippen LogP contribution is -2.29. The van der Waals surface area contributed by atoms with Crippen LogP contribution in [0.4, 0.5) is 4.79 Å². The Kier molecular flexibility index (Phi) is 5.51. The topological polar surface area (TPSA) is 75.6 Å². The van der Waals surface area contributed by atoms with Crippen LogP contribution in [0.15, 0.2) is 30.3 Å². The molecule has 1 aromatic rings. The minimum absolute atomic E-state index is 0.176. The highest BCUT2D eigenvalue weighted by atomic mass is 32.2. The van der Waals surface area contributed by atoms with Gasteiger partial charge in [0.15, 0.2) is 0 Å². The molecular formula is C11H13NO4S. The van der Waals surface area contributed by atoms with Crippen molar-refractivity contribution >= 4 is 23.2 Å². The van der Waals surface area contributed by atoms with Crippen molar-refractivity contribution in [1.29, 1.82) is 0 Å². The maximum atomic E-state index is 11.2. The molecule has 0 spiro atoms. The van der Waals surface area contributed by atoms with Gasteiger partial charge in [0.2, 0.25) is 0 Å². The summed E-state index contributed by atoms with van der Waals surface area (Å²) < 4.78 is 7.39. The summed E-state index contributed by atoms with van der Waals surface area (Å²) >= 11 is 0.640. The van der Waals surface area contributed by atoms with E-state index >= 15 is 0 Å². The number of hydrogen-bond donors (Lipinski definition) is 2. The predicted octanol–water partition coefficient (Wildman–Crippen LogP) is 2.03. The molecule has 0 aliphatic heterocycles. The zero-order valence-electron chi connectivity index (χ0n) is 9.25. The largest absolute Gasteiger partial charge is 0.480 e. The van der Waals surface area contributed by atoms with Crippen molar-refractivity contribution in [3.8, 4) is 0 Å². The van der Waals surface area contributed by atoms with Gasteiger partial charge in [-0.25, -0.2) is 9.52 Å². The number of carbonyl (C=O) groups excluding carboxylic acids is 1. The molecule has 0 heterocycles. The SMILES string of the molecule is CC(NSC(=O)OCc1ccccc1)C(=O)O. The number of rotatable bonds is 5. The Balaban J connectivity index is 2.24. The van der Waals surface area contributed by atoms with Crippen LogP contribution < -0.4 is 4.72 Å². The van der Waals surface area contributed by atoms with E-state index < -0.39 is 17.3 Å². The average Bonchev–Trinajstić information content (AvgIpc) is 2.34. The van der Waals surface area contributed by atoms with Crippen LogP contribution in [0.2, 0.25) is 0 Å². The van der Waals surface area contributed by atoms with Crippen LogP contribution in [-0.4, -0.2) is 22.4 Å². The van der Waals surface area contributed by atoms with Crippen molar-refractivity contribution in [1.82, 2.24) is 4.72 Å². The van der Waals surface area contributed by atoms with E-state index in [1.54, 1.807) is 0 Å². The van der Waals surface area contributed by atoms with E-state index in [-0.39, 0.29) is 6.61 Å². The van der Waals surface area contributed by atoms with E-state index in [1.807, 2.05) is 30.3 Å². The molecule has 6 heteroatoms. The highest BCUT2D eigenvalue weighted by Gasteiger charge is 2.13. The fourth-order valence-electron chi connectivity index (χ4n) is 0.933. The molecule has 2 N–H and O–H groups in total. The summed E-state index contributed by atoms with van der Waals surface area (Å²) in [5.41, 5.74) is 0.882. The molecule has 1 unspecified atom stereocenters. The molecule has 0 aliphatic rings. The molecule has 0 fully saturated rings. The summed E-state index contributed by atoms with van der Waals surface area (Å²) in [6.07, 6.45) is 0. The molecule has 1 rings (SSSR count). The van der Waals surface area contributed by atoms with Gasteiger partial charge in [0.05, 0.1) is 0 Å². The zero-order valence-corrected chi connectivity index (χ0v) is 10.1. The molecule has 0 aliphatic carbocycles. The molecule has 5 nitrogen and oxygen atoms in total. The molecule has 0 amide bonds. The van der Waals surface area contributed by atoms with Gasteiger partial charge in [-0.05, 0) is 12.5 Å². The van der Waals surface area contributed by atoms with Crippen molar-refractivity contribution in [2.75, 3.05) is 0 Å². The van der Waals surface area contributed by atoms with Crippen LogP contribution >= 0.6 is 11.9 Å². The van der Waals surface area contributed by atoms with Gasteiger partial charge in [-0.2, -0.15) is 0 Å². The van der Waals surface area contributed by atoms with Crippen LogP contribution in [0.3, 0.4) is 0 Å². The van der Waals surface area contributed by atoms with Gasteiger partial charge in [0.1, 0.15) is 12.6 Å². The average molecular weight is 255 g/mol. The number of benzene rings is 1. The first-order chi connectivity index (χ1) is 8.09. The van der Waals surface area contributed by atoms with Gasteiger partial charge in [0.25, 0.3) is 0 Å². The van der Waals surface area contributed by atoms with Crippen LogP contribution in [0.25, 0.3) is 0 Å². The van der Waals surface area contributed by atoms with Gasteiger partial charge in [-0.1, -0.05) is 30.3 Å². The summed E-state index contributed by atoms with van der Waals surface area (Å²) in [6, 6.07) is 8.44. The number of ether oxygens (including phenoxy) is 1. The van der Waals surface area contributed by atoms with Gasteiger partial charge in [-0.15, -0.1) is 0 Å². The maximum absolute atomic E-state index is 11.2. The third-order valence-corrected chi connectivity index (χ3v) is 2.64. The second kappa shape index (κ2) is 6.93. The van der Waals surface area contributed by atoms with Crippen molar-refractivity contribution in [2.45, 2.75) is 19.6 Å². The molecule has 0 aromatic heterocycles. The van der Waals surface area contributed by atoms with E-state index in [1.165, 1.54) is 6.92 Å². The molecule has 0 saturated carbocycles. The summed E-state index contributed by atoms with van der Waals surface area (Å²) in [6.45, 7) is 1.62. The monoisotopic (exact) mass is 255 g/mol. The summed E-state index contributed by atoms with van der Waals surface area (Å²) in [5, 5.41) is 8.02.